The number of rotatable bonds is 6. The van der Waals surface area contributed by atoms with Gasteiger partial charge in [0, 0.05) is 8.99 Å². The van der Waals surface area contributed by atoms with E-state index in [2.05, 4.69) is 113 Å². The van der Waals surface area contributed by atoms with Gasteiger partial charge in [0.25, 0.3) is 0 Å². The molecule has 0 bridgehead atoms. The van der Waals surface area contributed by atoms with E-state index in [1.54, 1.807) is 11.8 Å². The maximum atomic E-state index is 4.36. The molecule has 0 radical (unpaired) electrons. The van der Waals surface area contributed by atoms with Crippen LogP contribution in [0.15, 0.2) is 58.9 Å². The van der Waals surface area contributed by atoms with Crippen molar-refractivity contribution in [2.24, 2.45) is 0 Å². The molecule has 0 nitrogen and oxygen atoms in total. The summed E-state index contributed by atoms with van der Waals surface area (Å²) >= 11 is 4.18. The number of hydrogen-bond donors (Lipinski definition) is 0. The predicted octanol–water partition coefficient (Wildman–Crippen LogP) is 7.89. The second-order valence-corrected chi connectivity index (χ2v) is 9.83. The van der Waals surface area contributed by atoms with Crippen LogP contribution in [0.4, 0.5) is 0 Å². The summed E-state index contributed by atoms with van der Waals surface area (Å²) in [4.78, 5) is 1.18. The molecule has 0 saturated heterocycles. The van der Waals surface area contributed by atoms with Crippen LogP contribution in [0.1, 0.15) is 48.6 Å². The third-order valence-corrected chi connectivity index (χ3v) is 7.44. The van der Waals surface area contributed by atoms with Crippen LogP contribution in [-0.2, 0) is 11.8 Å². The molecule has 0 aliphatic rings. The fourth-order valence-electron chi connectivity index (χ4n) is 2.82. The second-order valence-electron chi connectivity index (χ2n) is 7.70. The van der Waals surface area contributed by atoms with Crippen molar-refractivity contribution >= 4 is 34.4 Å². The quantitative estimate of drug-likeness (QED) is 0.382. The van der Waals surface area contributed by atoms with Crippen molar-refractivity contribution in [1.82, 2.24) is 0 Å². The van der Waals surface area contributed by atoms with Gasteiger partial charge in [0.2, 0.25) is 0 Å². The number of halogens is 1. The van der Waals surface area contributed by atoms with Crippen molar-refractivity contribution < 1.29 is 0 Å². The van der Waals surface area contributed by atoms with Gasteiger partial charge in [-0.15, -0.1) is 11.8 Å². The summed E-state index contributed by atoms with van der Waals surface area (Å²) in [5, 5.41) is 2.27. The molecule has 2 rings (SSSR count). The van der Waals surface area contributed by atoms with Gasteiger partial charge < -0.3 is 0 Å². The lowest BCUT2D eigenvalue weighted by molar-refractivity contribution is 0.660. The highest BCUT2D eigenvalue weighted by atomic mass is 127. The van der Waals surface area contributed by atoms with Crippen molar-refractivity contribution in [3.63, 3.8) is 0 Å². The molecule has 0 amide bonds. The summed E-state index contributed by atoms with van der Waals surface area (Å²) in [6, 6.07) is 13.4. The highest BCUT2D eigenvalue weighted by molar-refractivity contribution is 14.1. The molecule has 0 spiro atoms. The van der Waals surface area contributed by atoms with E-state index in [0.717, 1.165) is 6.42 Å². The van der Waals surface area contributed by atoms with Gasteiger partial charge in [-0.1, -0.05) is 61.9 Å². The fourth-order valence-corrected chi connectivity index (χ4v) is 4.29. The first kappa shape index (κ1) is 21.3. The van der Waals surface area contributed by atoms with Gasteiger partial charge in [-0.05, 0) is 95.3 Å². The van der Waals surface area contributed by atoms with Crippen LogP contribution in [0, 0.1) is 24.3 Å². The Labute approximate surface area is 177 Å². The number of benzene rings is 2. The predicted molar refractivity (Wildman–Crippen MR) is 127 cm³/mol. The first-order valence-electron chi connectivity index (χ1n) is 8.95. The summed E-state index contributed by atoms with van der Waals surface area (Å²) in [5.74, 6) is 0. The van der Waals surface area contributed by atoms with Crippen LogP contribution in [0.3, 0.4) is 0 Å². The van der Waals surface area contributed by atoms with Crippen LogP contribution < -0.4 is 0 Å². The van der Waals surface area contributed by atoms with E-state index < -0.39 is 0 Å². The van der Waals surface area contributed by atoms with Crippen LogP contribution in [0.25, 0.3) is 0 Å². The molecular formula is C24H29IS. The van der Waals surface area contributed by atoms with E-state index in [-0.39, 0.29) is 5.41 Å². The summed E-state index contributed by atoms with van der Waals surface area (Å²) < 4.78 is 1.34. The fraction of sp³-hybridized carbons (Fsp3) is 0.333. The molecule has 26 heavy (non-hydrogen) atoms. The van der Waals surface area contributed by atoms with Gasteiger partial charge in [-0.3, -0.25) is 0 Å². The van der Waals surface area contributed by atoms with E-state index in [0.29, 0.717) is 0 Å². The zero-order valence-corrected chi connectivity index (χ0v) is 19.7. The van der Waals surface area contributed by atoms with Crippen LogP contribution in [-0.4, -0.2) is 0 Å². The van der Waals surface area contributed by atoms with Crippen molar-refractivity contribution in [2.45, 2.75) is 53.4 Å². The monoisotopic (exact) mass is 476 g/mol. The summed E-state index contributed by atoms with van der Waals surface area (Å²) in [7, 11) is 0. The van der Waals surface area contributed by atoms with Gasteiger partial charge >= 0.3 is 0 Å². The Balaban J connectivity index is 2.09. The minimum Gasteiger partial charge on any atom is -0.102 e. The van der Waals surface area contributed by atoms with E-state index in [1.165, 1.54) is 41.9 Å². The molecule has 0 aliphatic carbocycles. The molecule has 2 aromatic rings. The molecule has 0 atom stereocenters. The number of thioether (sulfide) groups is 1. The highest BCUT2D eigenvalue weighted by Gasteiger charge is 2.24. The normalized spacial score (nSPS) is 12.3. The van der Waals surface area contributed by atoms with Crippen molar-refractivity contribution in [1.29, 1.82) is 0 Å². The van der Waals surface area contributed by atoms with Gasteiger partial charge in [-0.2, -0.15) is 0 Å². The zero-order chi connectivity index (χ0) is 19.5. The smallest absolute Gasteiger partial charge is 0.0203 e. The van der Waals surface area contributed by atoms with E-state index in [4.69, 9.17) is 0 Å². The van der Waals surface area contributed by atoms with Crippen molar-refractivity contribution in [3.05, 3.63) is 90.3 Å². The Kier molecular flexibility index (Phi) is 7.20. The lowest BCUT2D eigenvalue weighted by Crippen LogP contribution is -2.17. The standard InChI is InChI=1S/C24H29IS/c1-16-8-10-22(11-9-16)24(6,7)20(5)26-15-17(2)12-21-13-19(4)23(25)14-18(21)3/h8-11,13-15H,5,12H2,1-4,6-7H3/b17-15+. The minimum atomic E-state index is -0.0511. The third-order valence-electron chi connectivity index (χ3n) is 4.96. The topological polar surface area (TPSA) is 0 Å². The summed E-state index contributed by atoms with van der Waals surface area (Å²) in [6.45, 7) is 17.6. The average Bonchev–Trinajstić information content (AvgIpc) is 2.58. The first-order chi connectivity index (χ1) is 12.1. The van der Waals surface area contributed by atoms with Gasteiger partial charge in [0.15, 0.2) is 0 Å². The molecule has 0 aliphatic heterocycles. The van der Waals surface area contributed by atoms with Crippen molar-refractivity contribution in [3.8, 4) is 0 Å². The van der Waals surface area contributed by atoms with E-state index in [9.17, 15) is 0 Å². The summed E-state index contributed by atoms with van der Waals surface area (Å²) in [5.41, 5.74) is 8.08. The molecule has 2 aromatic carbocycles. The highest BCUT2D eigenvalue weighted by Crippen LogP contribution is 2.38. The lowest BCUT2D eigenvalue weighted by atomic mass is 9.84. The lowest BCUT2D eigenvalue weighted by Gasteiger charge is -2.27. The Morgan fingerprint density at radius 3 is 2.31 bits per heavy atom. The maximum Gasteiger partial charge on any atom is 0.0203 e. The number of aryl methyl sites for hydroxylation is 3. The second kappa shape index (κ2) is 8.79. The zero-order valence-electron chi connectivity index (χ0n) is 16.7. The van der Waals surface area contributed by atoms with Crippen LogP contribution >= 0.6 is 34.4 Å². The van der Waals surface area contributed by atoms with E-state index >= 15 is 0 Å². The SMILES string of the molecule is C=C(S/C=C(\C)Cc1cc(C)c(I)cc1C)C(C)(C)c1ccc(C)cc1. The molecule has 0 fully saturated rings. The van der Waals surface area contributed by atoms with Gasteiger partial charge in [0.05, 0.1) is 0 Å². The molecule has 2 heteroatoms. The molecule has 0 unspecified atom stereocenters. The number of allylic oxidation sites excluding steroid dienone is 2. The van der Waals surface area contributed by atoms with Crippen molar-refractivity contribution in [2.75, 3.05) is 0 Å². The molecule has 138 valence electrons. The van der Waals surface area contributed by atoms with Crippen LogP contribution in [0.5, 0.6) is 0 Å². The number of hydrogen-bond acceptors (Lipinski definition) is 1. The Morgan fingerprint density at radius 2 is 1.69 bits per heavy atom. The Morgan fingerprint density at radius 1 is 1.08 bits per heavy atom. The van der Waals surface area contributed by atoms with Gasteiger partial charge in [0.1, 0.15) is 0 Å². The maximum absolute atomic E-state index is 4.36. The third kappa shape index (κ3) is 5.26. The molecule has 0 heterocycles. The Hall–Kier alpha value is -1.00. The van der Waals surface area contributed by atoms with Crippen LogP contribution in [0.2, 0.25) is 0 Å². The molecular weight excluding hydrogens is 447 g/mol. The van der Waals surface area contributed by atoms with E-state index in [1.807, 2.05) is 0 Å². The largest absolute Gasteiger partial charge is 0.102 e. The average molecular weight is 476 g/mol. The van der Waals surface area contributed by atoms with Gasteiger partial charge in [-0.25, -0.2) is 0 Å². The Bertz CT molecular complexity index is 826. The minimum absolute atomic E-state index is 0.0511. The molecule has 0 aromatic heterocycles. The summed E-state index contributed by atoms with van der Waals surface area (Å²) in [6.07, 6.45) is 0.995. The first-order valence-corrected chi connectivity index (χ1v) is 10.9. The molecule has 0 saturated carbocycles. The molecule has 0 N–H and O–H groups in total.